The van der Waals surface area contributed by atoms with E-state index in [1.54, 1.807) is 6.07 Å². The van der Waals surface area contributed by atoms with E-state index in [0.717, 1.165) is 0 Å². The van der Waals surface area contributed by atoms with Gasteiger partial charge in [0, 0.05) is 12.6 Å². The molecule has 1 aromatic carbocycles. The van der Waals surface area contributed by atoms with E-state index in [9.17, 15) is 18.0 Å². The predicted molar refractivity (Wildman–Crippen MR) is 105 cm³/mol. The minimum atomic E-state index is -4.40. The lowest BCUT2D eigenvalue weighted by Crippen LogP contribution is -2.29. The zero-order valence-corrected chi connectivity index (χ0v) is 17.3. The molecule has 1 fully saturated rings. The summed E-state index contributed by atoms with van der Waals surface area (Å²) in [6, 6.07) is 4.59. The summed E-state index contributed by atoms with van der Waals surface area (Å²) < 4.78 is 49.9. The molecule has 6 nitrogen and oxygen atoms in total. The Kier molecular flexibility index (Phi) is 6.87. The lowest BCUT2D eigenvalue weighted by Gasteiger charge is -2.18. The molecule has 29 heavy (non-hydrogen) atoms. The molecular weight excluding hydrogens is 431 g/mol. The lowest BCUT2D eigenvalue weighted by molar-refractivity contribution is -0.130. The summed E-state index contributed by atoms with van der Waals surface area (Å²) >= 11 is 7.66. The lowest BCUT2D eigenvalue weighted by atomic mass is 10.1. The number of halogens is 4. The van der Waals surface area contributed by atoms with E-state index >= 15 is 0 Å². The Hall–Kier alpha value is -1.62. The number of benzene rings is 1. The van der Waals surface area contributed by atoms with Gasteiger partial charge in [-0.05, 0) is 43.5 Å². The van der Waals surface area contributed by atoms with Crippen molar-refractivity contribution in [3.63, 3.8) is 0 Å². The summed E-state index contributed by atoms with van der Waals surface area (Å²) in [6.45, 7) is 4.76. The van der Waals surface area contributed by atoms with Gasteiger partial charge in [0.2, 0.25) is 5.89 Å². The minimum Gasteiger partial charge on any atom is -0.440 e. The molecule has 1 saturated heterocycles. The standard InChI is InChI=1S/C18H19ClF3N3O3S/c1-3-27-9-25-10(2)16(19)17(29-25)24-14(26)7-11-4-5-13-12(6-11)23-15(28-13)8-18(20,21)22/h4-6,10,16H,3,7-9H2,1-2H3. The van der Waals surface area contributed by atoms with Crippen molar-refractivity contribution in [3.8, 4) is 0 Å². The highest BCUT2D eigenvalue weighted by Gasteiger charge is 2.36. The zero-order valence-electron chi connectivity index (χ0n) is 15.7. The van der Waals surface area contributed by atoms with Gasteiger partial charge in [-0.25, -0.2) is 14.3 Å². The number of carbonyl (C=O) groups excluding carboxylic acids is 1. The van der Waals surface area contributed by atoms with Crippen LogP contribution in [0, 0.1) is 0 Å². The van der Waals surface area contributed by atoms with Crippen molar-refractivity contribution >= 4 is 45.6 Å². The average molecular weight is 450 g/mol. The highest BCUT2D eigenvalue weighted by atomic mass is 35.5. The topological polar surface area (TPSA) is 67.9 Å². The van der Waals surface area contributed by atoms with E-state index in [1.165, 1.54) is 24.1 Å². The normalized spacial score (nSPS) is 22.1. The summed E-state index contributed by atoms with van der Waals surface area (Å²) in [5, 5.41) is 0.0752. The Balaban J connectivity index is 1.68. The molecule has 2 heterocycles. The van der Waals surface area contributed by atoms with Crippen molar-refractivity contribution in [2.75, 3.05) is 13.3 Å². The first kappa shape index (κ1) is 22.1. The van der Waals surface area contributed by atoms with Crippen LogP contribution in [0.4, 0.5) is 13.2 Å². The predicted octanol–water partition coefficient (Wildman–Crippen LogP) is 4.35. The van der Waals surface area contributed by atoms with Crippen molar-refractivity contribution in [2.45, 2.75) is 44.3 Å². The SMILES string of the molecule is CCOCN1SC(=NC(=O)Cc2ccc3oc(CC(F)(F)F)nc3c2)C(Cl)C1C. The van der Waals surface area contributed by atoms with E-state index in [1.807, 2.05) is 18.2 Å². The smallest absolute Gasteiger partial charge is 0.397 e. The van der Waals surface area contributed by atoms with Crippen LogP contribution in [-0.2, 0) is 22.4 Å². The van der Waals surface area contributed by atoms with Crippen LogP contribution in [0.2, 0.25) is 0 Å². The van der Waals surface area contributed by atoms with Gasteiger partial charge >= 0.3 is 6.18 Å². The first-order valence-electron chi connectivity index (χ1n) is 8.89. The number of fused-ring (bicyclic) bond motifs is 1. The number of oxazole rings is 1. The fourth-order valence-electron chi connectivity index (χ4n) is 2.73. The van der Waals surface area contributed by atoms with Crippen molar-refractivity contribution in [1.82, 2.24) is 9.29 Å². The van der Waals surface area contributed by atoms with Gasteiger partial charge in [-0.15, -0.1) is 11.6 Å². The number of ether oxygens (including phenoxy) is 1. The van der Waals surface area contributed by atoms with Crippen LogP contribution in [-0.4, -0.2) is 51.2 Å². The molecule has 3 rings (SSSR count). The van der Waals surface area contributed by atoms with Crippen LogP contribution in [0.3, 0.4) is 0 Å². The minimum absolute atomic E-state index is 0.0229. The summed E-state index contributed by atoms with van der Waals surface area (Å²) in [5.74, 6) is -0.811. The van der Waals surface area contributed by atoms with Gasteiger partial charge in [-0.1, -0.05) is 6.07 Å². The molecule has 2 aromatic rings. The third-order valence-electron chi connectivity index (χ3n) is 4.19. The number of hydrogen-bond acceptors (Lipinski definition) is 6. The monoisotopic (exact) mass is 449 g/mol. The van der Waals surface area contributed by atoms with Crippen LogP contribution in [0.1, 0.15) is 25.3 Å². The Bertz CT molecular complexity index is 919. The number of hydrogen-bond donors (Lipinski definition) is 0. The molecule has 0 saturated carbocycles. The van der Waals surface area contributed by atoms with E-state index in [4.69, 9.17) is 20.8 Å². The molecule has 0 aliphatic carbocycles. The Morgan fingerprint density at radius 2 is 2.21 bits per heavy atom. The molecule has 1 aliphatic rings. The third-order valence-corrected chi connectivity index (χ3v) is 6.09. The summed E-state index contributed by atoms with van der Waals surface area (Å²) in [6.07, 6.45) is -5.67. The summed E-state index contributed by atoms with van der Waals surface area (Å²) in [5.41, 5.74) is 1.08. The van der Waals surface area contributed by atoms with Crippen molar-refractivity contribution < 1.29 is 27.1 Å². The van der Waals surface area contributed by atoms with Gasteiger partial charge in [0.05, 0.1) is 11.8 Å². The molecule has 2 unspecified atom stereocenters. The number of rotatable bonds is 6. The van der Waals surface area contributed by atoms with Gasteiger partial charge in [0.1, 0.15) is 23.7 Å². The molecule has 1 aromatic heterocycles. The van der Waals surface area contributed by atoms with E-state index < -0.39 is 29.8 Å². The second-order valence-electron chi connectivity index (χ2n) is 6.49. The first-order valence-corrected chi connectivity index (χ1v) is 10.1. The van der Waals surface area contributed by atoms with Crippen molar-refractivity contribution in [2.24, 2.45) is 4.99 Å². The molecule has 0 radical (unpaired) electrons. The molecule has 0 bridgehead atoms. The number of alkyl halides is 4. The Morgan fingerprint density at radius 3 is 2.90 bits per heavy atom. The highest BCUT2D eigenvalue weighted by molar-refractivity contribution is 8.12. The zero-order chi connectivity index (χ0) is 21.2. The number of aliphatic imine (C=N–C) groups is 1. The van der Waals surface area contributed by atoms with Crippen LogP contribution >= 0.6 is 23.5 Å². The quantitative estimate of drug-likeness (QED) is 0.482. The third kappa shape index (κ3) is 5.71. The van der Waals surface area contributed by atoms with E-state index in [0.29, 0.717) is 23.9 Å². The maximum Gasteiger partial charge on any atom is 0.397 e. The van der Waals surface area contributed by atoms with Crippen LogP contribution in [0.15, 0.2) is 27.6 Å². The molecular formula is C18H19ClF3N3O3S. The Labute approximate surface area is 174 Å². The fraction of sp³-hybridized carbons (Fsp3) is 0.500. The second kappa shape index (κ2) is 9.03. The number of amides is 1. The second-order valence-corrected chi connectivity index (χ2v) is 8.03. The molecule has 158 valence electrons. The molecule has 2 atom stereocenters. The molecule has 0 N–H and O–H groups in total. The van der Waals surface area contributed by atoms with Crippen molar-refractivity contribution in [3.05, 3.63) is 29.7 Å². The Morgan fingerprint density at radius 1 is 1.45 bits per heavy atom. The highest BCUT2D eigenvalue weighted by Crippen LogP contribution is 2.33. The van der Waals surface area contributed by atoms with Crippen LogP contribution < -0.4 is 0 Å². The van der Waals surface area contributed by atoms with Gasteiger partial charge < -0.3 is 9.15 Å². The fourth-order valence-corrected chi connectivity index (χ4v) is 4.19. The average Bonchev–Trinajstić information content (AvgIpc) is 3.13. The maximum absolute atomic E-state index is 12.5. The van der Waals surface area contributed by atoms with Gasteiger partial charge in [0.25, 0.3) is 5.91 Å². The summed E-state index contributed by atoms with van der Waals surface area (Å²) in [7, 11) is 0. The van der Waals surface area contributed by atoms with Crippen LogP contribution in [0.25, 0.3) is 11.1 Å². The maximum atomic E-state index is 12.5. The molecule has 1 amide bonds. The number of aromatic nitrogens is 1. The number of carbonyl (C=O) groups is 1. The van der Waals surface area contributed by atoms with Crippen molar-refractivity contribution in [1.29, 1.82) is 0 Å². The van der Waals surface area contributed by atoms with Crippen LogP contribution in [0.5, 0.6) is 0 Å². The largest absolute Gasteiger partial charge is 0.440 e. The molecule has 1 aliphatic heterocycles. The summed E-state index contributed by atoms with van der Waals surface area (Å²) in [4.78, 5) is 20.3. The van der Waals surface area contributed by atoms with E-state index in [2.05, 4.69) is 9.98 Å². The van der Waals surface area contributed by atoms with Gasteiger partial charge in [-0.3, -0.25) is 4.79 Å². The van der Waals surface area contributed by atoms with Gasteiger partial charge in [-0.2, -0.15) is 13.2 Å². The van der Waals surface area contributed by atoms with E-state index in [-0.39, 0.29) is 23.6 Å². The number of nitrogens with zero attached hydrogens (tertiary/aromatic N) is 3. The molecule has 11 heteroatoms. The first-order chi connectivity index (χ1) is 13.7. The molecule has 0 spiro atoms. The van der Waals surface area contributed by atoms with Gasteiger partial charge in [0.15, 0.2) is 5.58 Å².